The largest absolute Gasteiger partial charge is 0.418 e. The highest BCUT2D eigenvalue weighted by Gasteiger charge is 2.33. The van der Waals surface area contributed by atoms with E-state index in [4.69, 9.17) is 0 Å². The first-order valence-corrected chi connectivity index (χ1v) is 5.23. The lowest BCUT2D eigenvalue weighted by atomic mass is 10.1. The van der Waals surface area contributed by atoms with Gasteiger partial charge in [-0.3, -0.25) is 0 Å². The average molecular weight is 282 g/mol. The topological polar surface area (TPSA) is 12.0 Å². The first kappa shape index (κ1) is 12.4. The summed E-state index contributed by atoms with van der Waals surface area (Å²) in [7, 11) is 0. The van der Waals surface area contributed by atoms with Crippen LogP contribution in [-0.2, 0) is 6.18 Å². The fourth-order valence-corrected chi connectivity index (χ4v) is 1.56. The lowest BCUT2D eigenvalue weighted by molar-refractivity contribution is -0.137. The van der Waals surface area contributed by atoms with Gasteiger partial charge in [0, 0.05) is 16.2 Å². The summed E-state index contributed by atoms with van der Waals surface area (Å²) in [6, 6.07) is 3.84. The Hall–Kier alpha value is -0.710. The minimum absolute atomic E-state index is 0.0413. The Morgan fingerprint density at radius 3 is 2.33 bits per heavy atom. The highest BCUT2D eigenvalue weighted by Crippen LogP contribution is 2.36. The van der Waals surface area contributed by atoms with Crippen LogP contribution in [0.1, 0.15) is 19.4 Å². The monoisotopic (exact) mass is 281 g/mol. The van der Waals surface area contributed by atoms with Gasteiger partial charge in [-0.05, 0) is 32.0 Å². The molecule has 0 aliphatic carbocycles. The van der Waals surface area contributed by atoms with Crippen molar-refractivity contribution in [1.29, 1.82) is 0 Å². The van der Waals surface area contributed by atoms with Crippen LogP contribution in [0.15, 0.2) is 22.7 Å². The first-order chi connectivity index (χ1) is 6.80. The standard InChI is InChI=1S/C10H11BrF3N/c1-6(2)15-9-5-7(11)3-4-8(9)10(12,13)14/h3-6,15H,1-2H3. The van der Waals surface area contributed by atoms with E-state index in [2.05, 4.69) is 21.2 Å². The third kappa shape index (κ3) is 3.41. The Morgan fingerprint density at radius 2 is 1.87 bits per heavy atom. The Bertz CT molecular complexity index is 347. The van der Waals surface area contributed by atoms with E-state index in [1.165, 1.54) is 12.1 Å². The van der Waals surface area contributed by atoms with E-state index >= 15 is 0 Å². The van der Waals surface area contributed by atoms with Crippen molar-refractivity contribution < 1.29 is 13.2 Å². The van der Waals surface area contributed by atoms with Crippen molar-refractivity contribution in [3.63, 3.8) is 0 Å². The molecule has 0 aliphatic heterocycles. The lowest BCUT2D eigenvalue weighted by Gasteiger charge is -2.17. The summed E-state index contributed by atoms with van der Waals surface area (Å²) in [5, 5.41) is 2.77. The summed E-state index contributed by atoms with van der Waals surface area (Å²) in [5.41, 5.74) is -0.536. The molecule has 0 fully saturated rings. The van der Waals surface area contributed by atoms with Crippen LogP contribution >= 0.6 is 15.9 Å². The SMILES string of the molecule is CC(C)Nc1cc(Br)ccc1C(F)(F)F. The predicted molar refractivity (Wildman–Crippen MR) is 57.9 cm³/mol. The number of hydrogen-bond acceptors (Lipinski definition) is 1. The average Bonchev–Trinajstić information content (AvgIpc) is 1.99. The molecule has 1 nitrogen and oxygen atoms in total. The molecule has 1 rings (SSSR count). The van der Waals surface area contributed by atoms with Crippen molar-refractivity contribution in [3.8, 4) is 0 Å². The summed E-state index contributed by atoms with van der Waals surface area (Å²) >= 11 is 3.15. The molecule has 0 atom stereocenters. The second kappa shape index (κ2) is 4.43. The Balaban J connectivity index is 3.15. The van der Waals surface area contributed by atoms with Crippen LogP contribution in [0, 0.1) is 0 Å². The van der Waals surface area contributed by atoms with E-state index in [9.17, 15) is 13.2 Å². The van der Waals surface area contributed by atoms with Crippen molar-refractivity contribution in [2.45, 2.75) is 26.1 Å². The number of rotatable bonds is 2. The second-order valence-corrected chi connectivity index (χ2v) is 4.40. The van der Waals surface area contributed by atoms with E-state index in [-0.39, 0.29) is 11.7 Å². The van der Waals surface area contributed by atoms with Crippen LogP contribution in [0.3, 0.4) is 0 Å². The molecule has 0 unspecified atom stereocenters. The fraction of sp³-hybridized carbons (Fsp3) is 0.400. The highest BCUT2D eigenvalue weighted by atomic mass is 79.9. The summed E-state index contributed by atoms with van der Waals surface area (Å²) in [5.74, 6) is 0. The smallest absolute Gasteiger partial charge is 0.382 e. The fourth-order valence-electron chi connectivity index (χ4n) is 1.19. The maximum atomic E-state index is 12.6. The van der Waals surface area contributed by atoms with Crippen molar-refractivity contribution in [2.75, 3.05) is 5.32 Å². The van der Waals surface area contributed by atoms with Crippen molar-refractivity contribution in [3.05, 3.63) is 28.2 Å². The summed E-state index contributed by atoms with van der Waals surface area (Å²) in [6.45, 7) is 3.59. The Labute approximate surface area is 94.8 Å². The van der Waals surface area contributed by atoms with E-state index in [1.54, 1.807) is 13.8 Å². The molecule has 1 aromatic carbocycles. The number of alkyl halides is 3. The summed E-state index contributed by atoms with van der Waals surface area (Å²) in [6.07, 6.45) is -4.32. The van der Waals surface area contributed by atoms with Crippen molar-refractivity contribution >= 4 is 21.6 Å². The Kier molecular flexibility index (Phi) is 3.65. The number of nitrogens with one attached hydrogen (secondary N) is 1. The molecule has 0 heterocycles. The normalized spacial score (nSPS) is 11.9. The van der Waals surface area contributed by atoms with Gasteiger partial charge in [0.2, 0.25) is 0 Å². The van der Waals surface area contributed by atoms with Crippen LogP contribution in [0.2, 0.25) is 0 Å². The molecule has 0 saturated carbocycles. The lowest BCUT2D eigenvalue weighted by Crippen LogP contribution is -2.15. The third-order valence-corrected chi connectivity index (χ3v) is 2.22. The molecule has 0 bridgehead atoms. The van der Waals surface area contributed by atoms with Crippen LogP contribution in [0.5, 0.6) is 0 Å². The molecular weight excluding hydrogens is 271 g/mol. The number of hydrogen-bond donors (Lipinski definition) is 1. The molecule has 0 radical (unpaired) electrons. The van der Waals surface area contributed by atoms with Gasteiger partial charge in [0.15, 0.2) is 0 Å². The molecule has 0 amide bonds. The summed E-state index contributed by atoms with van der Waals surface area (Å²) < 4.78 is 38.3. The maximum absolute atomic E-state index is 12.6. The van der Waals surface area contributed by atoms with Gasteiger partial charge in [0.25, 0.3) is 0 Å². The van der Waals surface area contributed by atoms with Gasteiger partial charge in [0.1, 0.15) is 0 Å². The molecule has 0 aromatic heterocycles. The van der Waals surface area contributed by atoms with Gasteiger partial charge in [-0.2, -0.15) is 13.2 Å². The van der Waals surface area contributed by atoms with Gasteiger partial charge < -0.3 is 5.32 Å². The molecule has 0 spiro atoms. The molecule has 1 aromatic rings. The minimum atomic E-state index is -4.32. The first-order valence-electron chi connectivity index (χ1n) is 4.44. The number of benzene rings is 1. The van der Waals surface area contributed by atoms with Crippen LogP contribution in [0.4, 0.5) is 18.9 Å². The molecule has 1 N–H and O–H groups in total. The van der Waals surface area contributed by atoms with Gasteiger partial charge in [-0.15, -0.1) is 0 Å². The number of halogens is 4. The van der Waals surface area contributed by atoms with Gasteiger partial charge in [0.05, 0.1) is 5.56 Å². The minimum Gasteiger partial charge on any atom is -0.382 e. The van der Waals surface area contributed by atoms with Crippen LogP contribution in [0.25, 0.3) is 0 Å². The summed E-state index contributed by atoms with van der Waals surface area (Å²) in [4.78, 5) is 0. The third-order valence-electron chi connectivity index (χ3n) is 1.73. The zero-order valence-electron chi connectivity index (χ0n) is 8.32. The van der Waals surface area contributed by atoms with Gasteiger partial charge >= 0.3 is 6.18 Å². The molecule has 15 heavy (non-hydrogen) atoms. The zero-order valence-corrected chi connectivity index (χ0v) is 9.91. The predicted octanol–water partition coefficient (Wildman–Crippen LogP) is 4.29. The van der Waals surface area contributed by atoms with Gasteiger partial charge in [-0.25, -0.2) is 0 Å². The van der Waals surface area contributed by atoms with Crippen LogP contribution < -0.4 is 5.32 Å². The quantitative estimate of drug-likeness (QED) is 0.853. The molecule has 0 aliphatic rings. The second-order valence-electron chi connectivity index (χ2n) is 3.49. The maximum Gasteiger partial charge on any atom is 0.418 e. The van der Waals surface area contributed by atoms with E-state index in [1.807, 2.05) is 0 Å². The van der Waals surface area contributed by atoms with E-state index in [0.29, 0.717) is 4.47 Å². The van der Waals surface area contributed by atoms with Gasteiger partial charge in [-0.1, -0.05) is 15.9 Å². The van der Waals surface area contributed by atoms with Crippen molar-refractivity contribution in [2.24, 2.45) is 0 Å². The van der Waals surface area contributed by atoms with Crippen molar-refractivity contribution in [1.82, 2.24) is 0 Å². The van der Waals surface area contributed by atoms with E-state index < -0.39 is 11.7 Å². The van der Waals surface area contributed by atoms with Crippen LogP contribution in [-0.4, -0.2) is 6.04 Å². The molecule has 0 saturated heterocycles. The molecular formula is C10H11BrF3N. The highest BCUT2D eigenvalue weighted by molar-refractivity contribution is 9.10. The Morgan fingerprint density at radius 1 is 1.27 bits per heavy atom. The molecule has 5 heteroatoms. The molecule has 84 valence electrons. The number of anilines is 1. The zero-order chi connectivity index (χ0) is 11.6. The van der Waals surface area contributed by atoms with E-state index in [0.717, 1.165) is 6.07 Å².